The van der Waals surface area contributed by atoms with Gasteiger partial charge in [-0.05, 0) is 0 Å². The van der Waals surface area contributed by atoms with Crippen LogP contribution in [0.4, 0.5) is 11.5 Å². The lowest BCUT2D eigenvalue weighted by atomic mass is 9.93. The van der Waals surface area contributed by atoms with Crippen molar-refractivity contribution < 1.29 is 4.92 Å². The fraction of sp³-hybridized carbons (Fsp3) is 0.385. The molecule has 0 saturated heterocycles. The molecule has 0 aromatic carbocycles. The van der Waals surface area contributed by atoms with Crippen LogP contribution in [-0.4, -0.2) is 14.9 Å². The molecule has 2 aromatic heterocycles. The van der Waals surface area contributed by atoms with Gasteiger partial charge in [-0.15, -0.1) is 11.3 Å². The van der Waals surface area contributed by atoms with E-state index >= 15 is 0 Å². The number of hydrogen-bond acceptors (Lipinski definition) is 6. The Morgan fingerprint density at radius 1 is 1.35 bits per heavy atom. The second-order valence-electron chi connectivity index (χ2n) is 5.55. The van der Waals surface area contributed by atoms with Crippen molar-refractivity contribution in [3.63, 3.8) is 0 Å². The Bertz CT molecular complexity index is 646. The summed E-state index contributed by atoms with van der Waals surface area (Å²) in [6.07, 6.45) is 0.451. The molecule has 2 heterocycles. The van der Waals surface area contributed by atoms with Gasteiger partial charge in [0.25, 0.3) is 5.69 Å². The van der Waals surface area contributed by atoms with Gasteiger partial charge in [0.15, 0.2) is 0 Å². The molecule has 0 radical (unpaired) electrons. The van der Waals surface area contributed by atoms with Crippen LogP contribution in [0.1, 0.15) is 37.2 Å². The molecule has 20 heavy (non-hydrogen) atoms. The molecule has 0 fully saturated rings. The summed E-state index contributed by atoms with van der Waals surface area (Å²) in [6.45, 7) is 6.28. The molecule has 0 spiro atoms. The quantitative estimate of drug-likeness (QED) is 0.693. The van der Waals surface area contributed by atoms with Gasteiger partial charge in [-0.25, -0.2) is 9.97 Å². The molecule has 2 rings (SSSR count). The Morgan fingerprint density at radius 3 is 2.60 bits per heavy atom. The second kappa shape index (κ2) is 5.16. The first-order valence-corrected chi connectivity index (χ1v) is 6.99. The van der Waals surface area contributed by atoms with Gasteiger partial charge >= 0.3 is 0 Å². The fourth-order valence-corrected chi connectivity index (χ4v) is 2.72. The molecule has 0 atom stereocenters. The maximum absolute atomic E-state index is 10.8. The number of hydrogen-bond donors (Lipinski definition) is 1. The number of rotatable bonds is 3. The Balaban J connectivity index is 2.26. The molecular formula is C13H16N4O2S. The highest BCUT2D eigenvalue weighted by atomic mass is 32.1. The standard InChI is InChI=1S/C13H16N4O2S/c1-13(2,3)10-7-20-12(16-10)5-8-4-9(17(18)19)6-11(14)15-8/h4,6-7H,5H2,1-3H3,(H2,14,15). The van der Waals surface area contributed by atoms with E-state index in [9.17, 15) is 10.1 Å². The van der Waals surface area contributed by atoms with Gasteiger partial charge in [0.05, 0.1) is 27.4 Å². The lowest BCUT2D eigenvalue weighted by molar-refractivity contribution is -0.384. The third-order valence-corrected chi connectivity index (χ3v) is 3.60. The van der Waals surface area contributed by atoms with Gasteiger partial charge in [-0.2, -0.15) is 0 Å². The molecule has 106 valence electrons. The molecule has 0 unspecified atom stereocenters. The Kier molecular flexibility index (Phi) is 3.71. The van der Waals surface area contributed by atoms with Crippen LogP contribution in [0.5, 0.6) is 0 Å². The van der Waals surface area contributed by atoms with E-state index in [4.69, 9.17) is 5.73 Å². The van der Waals surface area contributed by atoms with Crippen LogP contribution in [-0.2, 0) is 11.8 Å². The van der Waals surface area contributed by atoms with Crippen molar-refractivity contribution in [3.8, 4) is 0 Å². The SMILES string of the molecule is CC(C)(C)c1csc(Cc2cc([N+](=O)[O-])cc(N)n2)n1. The van der Waals surface area contributed by atoms with E-state index in [1.165, 1.54) is 23.5 Å². The number of anilines is 1. The van der Waals surface area contributed by atoms with E-state index in [1.54, 1.807) is 0 Å². The molecule has 7 heteroatoms. The Labute approximate surface area is 120 Å². The third kappa shape index (κ3) is 3.30. The van der Waals surface area contributed by atoms with Gasteiger partial charge in [-0.1, -0.05) is 20.8 Å². The van der Waals surface area contributed by atoms with Crippen molar-refractivity contribution in [2.24, 2.45) is 0 Å². The molecule has 6 nitrogen and oxygen atoms in total. The average molecular weight is 292 g/mol. The van der Waals surface area contributed by atoms with Gasteiger partial charge < -0.3 is 5.73 Å². The van der Waals surface area contributed by atoms with Crippen LogP contribution < -0.4 is 5.73 Å². The first-order valence-electron chi connectivity index (χ1n) is 6.11. The van der Waals surface area contributed by atoms with Crippen LogP contribution in [0.15, 0.2) is 17.5 Å². The summed E-state index contributed by atoms with van der Waals surface area (Å²) in [6, 6.07) is 2.69. The van der Waals surface area contributed by atoms with Crippen molar-refractivity contribution in [3.05, 3.63) is 44.0 Å². The van der Waals surface area contributed by atoms with Crippen LogP contribution in [0.25, 0.3) is 0 Å². The summed E-state index contributed by atoms with van der Waals surface area (Å²) in [7, 11) is 0. The molecule has 0 aliphatic carbocycles. The number of pyridine rings is 1. The summed E-state index contributed by atoms with van der Waals surface area (Å²) in [5.74, 6) is 0.154. The van der Waals surface area contributed by atoms with E-state index < -0.39 is 4.92 Å². The smallest absolute Gasteiger partial charge is 0.274 e. The van der Waals surface area contributed by atoms with Crippen molar-refractivity contribution in [2.45, 2.75) is 32.6 Å². The average Bonchev–Trinajstić information content (AvgIpc) is 2.76. The monoisotopic (exact) mass is 292 g/mol. The first kappa shape index (κ1) is 14.4. The largest absolute Gasteiger partial charge is 0.383 e. The number of nitrogens with two attached hydrogens (primary N) is 1. The first-order chi connectivity index (χ1) is 9.25. The molecule has 0 amide bonds. The number of nitrogen functional groups attached to an aromatic ring is 1. The lowest BCUT2D eigenvalue weighted by Crippen LogP contribution is -2.11. The van der Waals surface area contributed by atoms with Crippen LogP contribution in [0.3, 0.4) is 0 Å². The van der Waals surface area contributed by atoms with E-state index in [2.05, 4.69) is 30.7 Å². The summed E-state index contributed by atoms with van der Waals surface area (Å²) < 4.78 is 0. The van der Waals surface area contributed by atoms with Crippen molar-refractivity contribution in [1.29, 1.82) is 0 Å². The number of thiazole rings is 1. The van der Waals surface area contributed by atoms with Crippen molar-refractivity contribution in [1.82, 2.24) is 9.97 Å². The van der Waals surface area contributed by atoms with Crippen LogP contribution >= 0.6 is 11.3 Å². The number of nitrogens with zero attached hydrogens (tertiary/aromatic N) is 3. The van der Waals surface area contributed by atoms with Gasteiger partial charge in [0.1, 0.15) is 5.82 Å². The number of aromatic nitrogens is 2. The van der Waals surface area contributed by atoms with E-state index in [1.807, 2.05) is 5.38 Å². The topological polar surface area (TPSA) is 94.9 Å². The molecule has 2 aromatic rings. The summed E-state index contributed by atoms with van der Waals surface area (Å²) in [5.41, 5.74) is 7.11. The Hall–Kier alpha value is -2.02. The summed E-state index contributed by atoms with van der Waals surface area (Å²) >= 11 is 1.53. The lowest BCUT2D eigenvalue weighted by Gasteiger charge is -2.14. The minimum absolute atomic E-state index is 0.0100. The normalized spacial score (nSPS) is 11.6. The van der Waals surface area contributed by atoms with Crippen LogP contribution in [0.2, 0.25) is 0 Å². The Morgan fingerprint density at radius 2 is 2.05 bits per heavy atom. The maximum atomic E-state index is 10.8. The van der Waals surface area contributed by atoms with Gasteiger partial charge in [0, 0.05) is 23.3 Å². The summed E-state index contributed by atoms with van der Waals surface area (Å²) in [5, 5.41) is 13.7. The molecule has 2 N–H and O–H groups in total. The molecule has 0 bridgehead atoms. The molecular weight excluding hydrogens is 276 g/mol. The highest BCUT2D eigenvalue weighted by Crippen LogP contribution is 2.25. The number of nitro groups is 1. The zero-order valence-corrected chi connectivity index (χ0v) is 12.4. The zero-order valence-electron chi connectivity index (χ0n) is 11.6. The minimum atomic E-state index is -0.468. The van der Waals surface area contributed by atoms with E-state index in [0.29, 0.717) is 12.1 Å². The third-order valence-electron chi connectivity index (χ3n) is 2.75. The van der Waals surface area contributed by atoms with Gasteiger partial charge in [-0.3, -0.25) is 10.1 Å². The zero-order chi connectivity index (χ0) is 14.9. The summed E-state index contributed by atoms with van der Waals surface area (Å²) in [4.78, 5) is 19.0. The van der Waals surface area contributed by atoms with E-state index in [0.717, 1.165) is 10.7 Å². The molecule has 0 aliphatic heterocycles. The maximum Gasteiger partial charge on any atom is 0.274 e. The minimum Gasteiger partial charge on any atom is -0.383 e. The highest BCUT2D eigenvalue weighted by molar-refractivity contribution is 7.09. The predicted octanol–water partition coefficient (Wildman–Crippen LogP) is 2.92. The van der Waals surface area contributed by atoms with Gasteiger partial charge in [0.2, 0.25) is 0 Å². The van der Waals surface area contributed by atoms with Crippen molar-refractivity contribution >= 4 is 22.8 Å². The highest BCUT2D eigenvalue weighted by Gasteiger charge is 2.18. The van der Waals surface area contributed by atoms with E-state index in [-0.39, 0.29) is 16.9 Å². The molecule has 0 saturated carbocycles. The molecule has 0 aliphatic rings. The van der Waals surface area contributed by atoms with Crippen LogP contribution in [0, 0.1) is 10.1 Å². The van der Waals surface area contributed by atoms with Crippen molar-refractivity contribution in [2.75, 3.05) is 5.73 Å². The fourth-order valence-electron chi connectivity index (χ4n) is 1.68. The predicted molar refractivity (Wildman–Crippen MR) is 78.9 cm³/mol. The second-order valence-corrected chi connectivity index (χ2v) is 6.49.